The zero-order valence-electron chi connectivity index (χ0n) is 16.1. The number of nitrogens with zero attached hydrogens (tertiary/aromatic N) is 4. The summed E-state index contributed by atoms with van der Waals surface area (Å²) in [6, 6.07) is 6.78. The summed E-state index contributed by atoms with van der Waals surface area (Å²) in [4.78, 5) is 11.7. The minimum atomic E-state index is -0.181. The normalized spacial score (nSPS) is 20.5. The molecule has 2 saturated heterocycles. The number of benzene rings is 1. The lowest BCUT2D eigenvalue weighted by atomic mass is 10.1. The standard InChI is InChI=1S/C20H32FN5/c1-17(16-24-9-3-4-10-24)15-23-20(22-2)26-13-11-25(12-14-26)19-7-5-18(21)6-8-19/h5-8,17H,3-4,9-16H2,1-2H3,(H,22,23). The second kappa shape index (κ2) is 9.21. The highest BCUT2D eigenvalue weighted by Crippen LogP contribution is 2.17. The highest BCUT2D eigenvalue weighted by atomic mass is 19.1. The SMILES string of the molecule is CN=C(NCC(C)CN1CCCC1)N1CCN(c2ccc(F)cc2)CC1. The van der Waals surface area contributed by atoms with Gasteiger partial charge in [0, 0.05) is 52.0 Å². The third-order valence-electron chi connectivity index (χ3n) is 5.36. The molecule has 1 unspecified atom stereocenters. The first-order valence-electron chi connectivity index (χ1n) is 9.84. The Morgan fingerprint density at radius 3 is 2.35 bits per heavy atom. The Hall–Kier alpha value is -1.82. The van der Waals surface area contributed by atoms with Crippen LogP contribution >= 0.6 is 0 Å². The van der Waals surface area contributed by atoms with Gasteiger partial charge in [0.15, 0.2) is 5.96 Å². The van der Waals surface area contributed by atoms with E-state index in [1.54, 1.807) is 0 Å². The number of piperazine rings is 1. The van der Waals surface area contributed by atoms with Crippen LogP contribution in [0.5, 0.6) is 0 Å². The number of nitrogens with one attached hydrogen (secondary N) is 1. The molecule has 3 rings (SSSR count). The zero-order chi connectivity index (χ0) is 18.4. The fraction of sp³-hybridized carbons (Fsp3) is 0.650. The summed E-state index contributed by atoms with van der Waals surface area (Å²) in [7, 11) is 1.86. The van der Waals surface area contributed by atoms with Gasteiger partial charge in [-0.05, 0) is 56.1 Å². The van der Waals surface area contributed by atoms with Crippen molar-refractivity contribution in [2.75, 3.05) is 64.3 Å². The first kappa shape index (κ1) is 19.0. The molecule has 0 radical (unpaired) electrons. The van der Waals surface area contributed by atoms with E-state index >= 15 is 0 Å². The predicted octanol–water partition coefficient (Wildman–Crippen LogP) is 2.25. The van der Waals surface area contributed by atoms with Crippen LogP contribution in [0, 0.1) is 11.7 Å². The molecule has 26 heavy (non-hydrogen) atoms. The monoisotopic (exact) mass is 361 g/mol. The summed E-state index contributed by atoms with van der Waals surface area (Å²) in [6.45, 7) is 10.7. The van der Waals surface area contributed by atoms with E-state index in [0.29, 0.717) is 5.92 Å². The molecule has 0 amide bonds. The molecule has 1 atom stereocenters. The van der Waals surface area contributed by atoms with Gasteiger partial charge in [-0.1, -0.05) is 6.92 Å². The first-order valence-corrected chi connectivity index (χ1v) is 9.84. The highest BCUT2D eigenvalue weighted by molar-refractivity contribution is 5.80. The van der Waals surface area contributed by atoms with E-state index < -0.39 is 0 Å². The van der Waals surface area contributed by atoms with Crippen LogP contribution < -0.4 is 10.2 Å². The molecule has 2 aliphatic heterocycles. The molecular weight excluding hydrogens is 329 g/mol. The van der Waals surface area contributed by atoms with E-state index in [-0.39, 0.29) is 5.82 Å². The number of hydrogen-bond donors (Lipinski definition) is 1. The van der Waals surface area contributed by atoms with Crippen molar-refractivity contribution in [3.05, 3.63) is 30.1 Å². The van der Waals surface area contributed by atoms with Crippen molar-refractivity contribution >= 4 is 11.6 Å². The van der Waals surface area contributed by atoms with Gasteiger partial charge in [0.2, 0.25) is 0 Å². The zero-order valence-corrected chi connectivity index (χ0v) is 16.1. The summed E-state index contributed by atoms with van der Waals surface area (Å²) >= 11 is 0. The molecular formula is C20H32FN5. The fourth-order valence-electron chi connectivity index (χ4n) is 3.90. The maximum atomic E-state index is 13.1. The Labute approximate surface area is 156 Å². The van der Waals surface area contributed by atoms with Crippen molar-refractivity contribution in [2.45, 2.75) is 19.8 Å². The molecule has 2 fully saturated rings. The number of halogens is 1. The van der Waals surface area contributed by atoms with Gasteiger partial charge in [0.05, 0.1) is 0 Å². The quantitative estimate of drug-likeness (QED) is 0.644. The number of aliphatic imine (C=N–C) groups is 1. The van der Waals surface area contributed by atoms with Gasteiger partial charge in [0.25, 0.3) is 0 Å². The minimum absolute atomic E-state index is 0.181. The number of hydrogen-bond acceptors (Lipinski definition) is 3. The number of likely N-dealkylation sites (tertiary alicyclic amines) is 1. The Morgan fingerprint density at radius 2 is 1.73 bits per heavy atom. The van der Waals surface area contributed by atoms with Crippen molar-refractivity contribution < 1.29 is 4.39 Å². The maximum absolute atomic E-state index is 13.1. The smallest absolute Gasteiger partial charge is 0.193 e. The molecule has 2 heterocycles. The maximum Gasteiger partial charge on any atom is 0.193 e. The van der Waals surface area contributed by atoms with Crippen LogP contribution in [0.2, 0.25) is 0 Å². The lowest BCUT2D eigenvalue weighted by molar-refractivity contribution is 0.285. The van der Waals surface area contributed by atoms with Gasteiger partial charge < -0.3 is 20.0 Å². The average Bonchev–Trinajstić information content (AvgIpc) is 3.16. The van der Waals surface area contributed by atoms with Crippen LogP contribution in [0.3, 0.4) is 0 Å². The van der Waals surface area contributed by atoms with Gasteiger partial charge in [-0.15, -0.1) is 0 Å². The van der Waals surface area contributed by atoms with Gasteiger partial charge >= 0.3 is 0 Å². The predicted molar refractivity (Wildman–Crippen MR) is 106 cm³/mol. The van der Waals surface area contributed by atoms with Crippen molar-refractivity contribution in [1.82, 2.24) is 15.1 Å². The molecule has 0 bridgehead atoms. The average molecular weight is 362 g/mol. The van der Waals surface area contributed by atoms with E-state index in [9.17, 15) is 4.39 Å². The van der Waals surface area contributed by atoms with Crippen molar-refractivity contribution in [2.24, 2.45) is 10.9 Å². The molecule has 2 aliphatic rings. The largest absolute Gasteiger partial charge is 0.368 e. The molecule has 144 valence electrons. The third-order valence-corrected chi connectivity index (χ3v) is 5.36. The second-order valence-corrected chi connectivity index (χ2v) is 7.49. The van der Waals surface area contributed by atoms with E-state index in [4.69, 9.17) is 0 Å². The molecule has 0 aliphatic carbocycles. The lowest BCUT2D eigenvalue weighted by Crippen LogP contribution is -2.53. The van der Waals surface area contributed by atoms with Crippen molar-refractivity contribution in [3.8, 4) is 0 Å². The van der Waals surface area contributed by atoms with Gasteiger partial charge in [-0.25, -0.2) is 4.39 Å². The van der Waals surface area contributed by atoms with E-state index in [1.807, 2.05) is 19.2 Å². The summed E-state index contributed by atoms with van der Waals surface area (Å²) in [6.07, 6.45) is 2.69. The van der Waals surface area contributed by atoms with Gasteiger partial charge in [0.1, 0.15) is 5.82 Å². The van der Waals surface area contributed by atoms with Crippen molar-refractivity contribution in [1.29, 1.82) is 0 Å². The highest BCUT2D eigenvalue weighted by Gasteiger charge is 2.21. The number of guanidine groups is 1. The summed E-state index contributed by atoms with van der Waals surface area (Å²) in [5.41, 5.74) is 1.09. The lowest BCUT2D eigenvalue weighted by Gasteiger charge is -2.38. The fourth-order valence-corrected chi connectivity index (χ4v) is 3.90. The van der Waals surface area contributed by atoms with Crippen LogP contribution in [0.15, 0.2) is 29.3 Å². The topological polar surface area (TPSA) is 34.1 Å². The molecule has 0 spiro atoms. The Bertz CT molecular complexity index is 574. The molecule has 0 saturated carbocycles. The van der Waals surface area contributed by atoms with E-state index in [0.717, 1.165) is 44.4 Å². The molecule has 1 aromatic carbocycles. The van der Waals surface area contributed by atoms with E-state index in [1.165, 1.54) is 44.6 Å². The Kier molecular flexibility index (Phi) is 6.72. The minimum Gasteiger partial charge on any atom is -0.368 e. The molecule has 1 aromatic rings. The summed E-state index contributed by atoms with van der Waals surface area (Å²) in [5, 5.41) is 3.56. The summed E-state index contributed by atoms with van der Waals surface area (Å²) < 4.78 is 13.1. The second-order valence-electron chi connectivity index (χ2n) is 7.49. The molecule has 6 heteroatoms. The Morgan fingerprint density at radius 1 is 1.08 bits per heavy atom. The molecule has 0 aromatic heterocycles. The number of anilines is 1. The summed E-state index contributed by atoms with van der Waals surface area (Å²) in [5.74, 6) is 1.43. The van der Waals surface area contributed by atoms with Crippen LogP contribution in [-0.2, 0) is 0 Å². The van der Waals surface area contributed by atoms with Gasteiger partial charge in [-0.2, -0.15) is 0 Å². The van der Waals surface area contributed by atoms with Crippen LogP contribution in [-0.4, -0.2) is 75.2 Å². The van der Waals surface area contributed by atoms with Crippen LogP contribution in [0.25, 0.3) is 0 Å². The molecule has 1 N–H and O–H groups in total. The van der Waals surface area contributed by atoms with Crippen LogP contribution in [0.1, 0.15) is 19.8 Å². The molecule has 5 nitrogen and oxygen atoms in total. The third kappa shape index (κ3) is 5.10. The van der Waals surface area contributed by atoms with E-state index in [2.05, 4.69) is 31.9 Å². The van der Waals surface area contributed by atoms with Crippen LogP contribution in [0.4, 0.5) is 10.1 Å². The first-order chi connectivity index (χ1) is 12.7. The number of rotatable bonds is 5. The Balaban J connectivity index is 1.43. The van der Waals surface area contributed by atoms with Gasteiger partial charge in [-0.3, -0.25) is 4.99 Å². The van der Waals surface area contributed by atoms with Crippen molar-refractivity contribution in [3.63, 3.8) is 0 Å².